The number of nitriles is 1. The molecule has 1 saturated carbocycles. The monoisotopic (exact) mass is 411 g/mol. The van der Waals surface area contributed by atoms with E-state index in [1.807, 2.05) is 13.8 Å². The zero-order chi connectivity index (χ0) is 22.1. The number of nitrogens with one attached hydrogen (secondary N) is 1. The van der Waals surface area contributed by atoms with E-state index >= 15 is 0 Å². The molecule has 3 rings (SSSR count). The van der Waals surface area contributed by atoms with Crippen LogP contribution in [0, 0.1) is 23.2 Å². The highest BCUT2D eigenvalue weighted by Crippen LogP contribution is 2.39. The van der Waals surface area contributed by atoms with E-state index in [1.54, 1.807) is 31.2 Å². The number of hydrogen-bond acceptors (Lipinski definition) is 6. The van der Waals surface area contributed by atoms with Gasteiger partial charge in [-0.25, -0.2) is 4.79 Å². The Hall–Kier alpha value is -3.21. The summed E-state index contributed by atoms with van der Waals surface area (Å²) in [5.41, 5.74) is -0.504. The van der Waals surface area contributed by atoms with Crippen molar-refractivity contribution in [2.24, 2.45) is 11.8 Å². The SMILES string of the molecule is CC(C)C[C@@H](C(=O)OCC(=O)N[C@@](C)(C#N)C1CC1)N1C(=O)c2ccccc2C1=O. The summed E-state index contributed by atoms with van der Waals surface area (Å²) in [6, 6.07) is 7.37. The molecule has 1 aliphatic carbocycles. The van der Waals surface area contributed by atoms with Crippen molar-refractivity contribution in [3.63, 3.8) is 0 Å². The average molecular weight is 411 g/mol. The predicted octanol–water partition coefficient (Wildman–Crippen LogP) is 2.05. The maximum Gasteiger partial charge on any atom is 0.329 e. The molecule has 1 fully saturated rings. The highest BCUT2D eigenvalue weighted by atomic mass is 16.5. The summed E-state index contributed by atoms with van der Waals surface area (Å²) in [6.45, 7) is 4.78. The molecule has 8 nitrogen and oxygen atoms in total. The van der Waals surface area contributed by atoms with Crippen LogP contribution in [0.25, 0.3) is 0 Å². The first-order chi connectivity index (χ1) is 14.2. The van der Waals surface area contributed by atoms with Gasteiger partial charge < -0.3 is 10.1 Å². The van der Waals surface area contributed by atoms with Crippen LogP contribution in [0.2, 0.25) is 0 Å². The smallest absolute Gasteiger partial charge is 0.329 e. The molecule has 1 heterocycles. The Morgan fingerprint density at radius 3 is 2.27 bits per heavy atom. The lowest BCUT2D eigenvalue weighted by molar-refractivity contribution is -0.153. The van der Waals surface area contributed by atoms with Gasteiger partial charge in [-0.2, -0.15) is 5.26 Å². The Bertz CT molecular complexity index is 896. The Labute approximate surface area is 175 Å². The molecule has 0 unspecified atom stereocenters. The summed E-state index contributed by atoms with van der Waals surface area (Å²) in [7, 11) is 0. The van der Waals surface area contributed by atoms with E-state index in [4.69, 9.17) is 4.74 Å². The van der Waals surface area contributed by atoms with Crippen LogP contribution in [0.4, 0.5) is 0 Å². The molecule has 0 saturated heterocycles. The molecular weight excluding hydrogens is 386 g/mol. The minimum Gasteiger partial charge on any atom is -0.454 e. The largest absolute Gasteiger partial charge is 0.454 e. The third-order valence-electron chi connectivity index (χ3n) is 5.47. The number of carbonyl (C=O) groups excluding carboxylic acids is 4. The molecule has 2 atom stereocenters. The first-order valence-electron chi connectivity index (χ1n) is 10.0. The minimum atomic E-state index is -1.13. The fourth-order valence-electron chi connectivity index (χ4n) is 3.69. The lowest BCUT2D eigenvalue weighted by Gasteiger charge is -2.26. The van der Waals surface area contributed by atoms with Crippen molar-refractivity contribution in [2.75, 3.05) is 6.61 Å². The summed E-state index contributed by atoms with van der Waals surface area (Å²) in [5, 5.41) is 12.0. The van der Waals surface area contributed by atoms with Crippen LogP contribution in [-0.2, 0) is 14.3 Å². The summed E-state index contributed by atoms with van der Waals surface area (Å²) in [6.07, 6.45) is 1.94. The number of rotatable bonds is 8. The first-order valence-corrected chi connectivity index (χ1v) is 10.0. The van der Waals surface area contributed by atoms with E-state index in [-0.39, 0.29) is 29.4 Å². The number of nitrogens with zero attached hydrogens (tertiary/aromatic N) is 2. The highest BCUT2D eigenvalue weighted by molar-refractivity contribution is 6.22. The molecule has 1 aliphatic heterocycles. The van der Waals surface area contributed by atoms with Crippen LogP contribution in [0.3, 0.4) is 0 Å². The van der Waals surface area contributed by atoms with Crippen molar-refractivity contribution >= 4 is 23.7 Å². The van der Waals surface area contributed by atoms with Crippen molar-refractivity contribution in [1.82, 2.24) is 10.2 Å². The molecule has 1 aromatic rings. The lowest BCUT2D eigenvalue weighted by Crippen LogP contribution is -2.50. The van der Waals surface area contributed by atoms with E-state index in [0.717, 1.165) is 17.7 Å². The third-order valence-corrected chi connectivity index (χ3v) is 5.47. The van der Waals surface area contributed by atoms with Gasteiger partial charge in [0.25, 0.3) is 17.7 Å². The zero-order valence-corrected chi connectivity index (χ0v) is 17.3. The van der Waals surface area contributed by atoms with Gasteiger partial charge in [-0.05, 0) is 50.2 Å². The van der Waals surface area contributed by atoms with Crippen LogP contribution in [0.15, 0.2) is 24.3 Å². The van der Waals surface area contributed by atoms with Gasteiger partial charge in [0, 0.05) is 0 Å². The molecule has 3 amide bonds. The van der Waals surface area contributed by atoms with Crippen LogP contribution in [-0.4, -0.2) is 46.8 Å². The summed E-state index contributed by atoms with van der Waals surface area (Å²) in [5.74, 6) is -2.42. The van der Waals surface area contributed by atoms with Gasteiger partial charge in [0.2, 0.25) is 0 Å². The number of hydrogen-bond donors (Lipinski definition) is 1. The standard InChI is InChI=1S/C22H25N3O5/c1-13(2)10-17(25-19(27)15-6-4-5-7-16(15)20(25)28)21(29)30-11-18(26)24-22(3,12-23)14-8-9-14/h4-7,13-14,17H,8-11H2,1-3H3,(H,24,26)/t17-,22-/m0/s1. The second-order valence-electron chi connectivity index (χ2n) is 8.42. The van der Waals surface area contributed by atoms with Crippen LogP contribution < -0.4 is 5.32 Å². The molecule has 1 aromatic carbocycles. The van der Waals surface area contributed by atoms with E-state index in [0.29, 0.717) is 0 Å². The summed E-state index contributed by atoms with van der Waals surface area (Å²) >= 11 is 0. The molecular formula is C22H25N3O5. The highest BCUT2D eigenvalue weighted by Gasteiger charge is 2.45. The van der Waals surface area contributed by atoms with Crippen LogP contribution in [0.1, 0.15) is 60.7 Å². The third kappa shape index (κ3) is 4.20. The van der Waals surface area contributed by atoms with Gasteiger partial charge >= 0.3 is 5.97 Å². The molecule has 2 aliphatic rings. The van der Waals surface area contributed by atoms with Crippen LogP contribution in [0.5, 0.6) is 0 Å². The van der Waals surface area contributed by atoms with Crippen molar-refractivity contribution in [3.8, 4) is 6.07 Å². The lowest BCUT2D eigenvalue weighted by atomic mass is 9.98. The topological polar surface area (TPSA) is 117 Å². The fraction of sp³-hybridized carbons (Fsp3) is 0.500. The molecule has 30 heavy (non-hydrogen) atoms. The molecule has 0 bridgehead atoms. The van der Waals surface area contributed by atoms with Gasteiger partial charge in [-0.15, -0.1) is 0 Å². The Balaban J connectivity index is 1.69. The molecule has 0 aromatic heterocycles. The Morgan fingerprint density at radius 2 is 1.80 bits per heavy atom. The molecule has 8 heteroatoms. The maximum absolute atomic E-state index is 12.8. The van der Waals surface area contributed by atoms with Gasteiger partial charge in [0.05, 0.1) is 17.2 Å². The number of benzene rings is 1. The predicted molar refractivity (Wildman–Crippen MR) is 106 cm³/mol. The summed E-state index contributed by atoms with van der Waals surface area (Å²) in [4.78, 5) is 51.5. The Kier molecular flexibility index (Phi) is 5.92. The number of fused-ring (bicyclic) bond motifs is 1. The fourth-order valence-corrected chi connectivity index (χ4v) is 3.69. The number of imide groups is 1. The molecule has 1 N–H and O–H groups in total. The first kappa shape index (κ1) is 21.5. The Morgan fingerprint density at radius 1 is 1.23 bits per heavy atom. The van der Waals surface area contributed by atoms with Crippen molar-refractivity contribution in [3.05, 3.63) is 35.4 Å². The quantitative estimate of drug-likeness (QED) is 0.517. The van der Waals surface area contributed by atoms with E-state index in [2.05, 4.69) is 11.4 Å². The summed E-state index contributed by atoms with van der Waals surface area (Å²) < 4.78 is 5.16. The second kappa shape index (κ2) is 8.27. The number of carbonyl (C=O) groups is 4. The van der Waals surface area contributed by atoms with Gasteiger partial charge in [-0.3, -0.25) is 19.3 Å². The van der Waals surface area contributed by atoms with Crippen molar-refractivity contribution in [2.45, 2.75) is 51.6 Å². The minimum absolute atomic E-state index is 0.00237. The van der Waals surface area contributed by atoms with Crippen molar-refractivity contribution < 1.29 is 23.9 Å². The zero-order valence-electron chi connectivity index (χ0n) is 17.3. The number of ether oxygens (including phenoxy) is 1. The van der Waals surface area contributed by atoms with Gasteiger partial charge in [0.15, 0.2) is 6.61 Å². The second-order valence-corrected chi connectivity index (χ2v) is 8.42. The molecule has 0 radical (unpaired) electrons. The van der Waals surface area contributed by atoms with Crippen molar-refractivity contribution in [1.29, 1.82) is 5.26 Å². The maximum atomic E-state index is 12.8. The van der Waals surface area contributed by atoms with E-state index < -0.39 is 41.9 Å². The number of esters is 1. The normalized spacial score (nSPS) is 18.4. The van der Waals surface area contributed by atoms with E-state index in [9.17, 15) is 24.4 Å². The van der Waals surface area contributed by atoms with Gasteiger partial charge in [-0.1, -0.05) is 26.0 Å². The van der Waals surface area contributed by atoms with E-state index in [1.165, 1.54) is 0 Å². The average Bonchev–Trinajstić information content (AvgIpc) is 3.53. The number of amides is 3. The molecule has 158 valence electrons. The molecule has 0 spiro atoms. The van der Waals surface area contributed by atoms with Gasteiger partial charge in [0.1, 0.15) is 11.6 Å². The van der Waals surface area contributed by atoms with Crippen LogP contribution >= 0.6 is 0 Å².